The van der Waals surface area contributed by atoms with E-state index in [-0.39, 0.29) is 16.3 Å². The molecule has 0 radical (unpaired) electrons. The Labute approximate surface area is 180 Å². The van der Waals surface area contributed by atoms with Crippen molar-refractivity contribution in [3.8, 4) is 5.75 Å². The maximum atomic E-state index is 15.4. The Hall–Kier alpha value is -1.85. The molecular weight excluding hydrogens is 411 g/mol. The first-order valence-electron chi connectivity index (χ1n) is 11.4. The van der Waals surface area contributed by atoms with Crippen molar-refractivity contribution in [3.05, 3.63) is 41.5 Å². The number of alkyl halides is 3. The first-order valence-corrected chi connectivity index (χ1v) is 11.4. The number of hydrogen-bond acceptors (Lipinski definition) is 1. The third kappa shape index (κ3) is 4.68. The Morgan fingerprint density at radius 1 is 0.903 bits per heavy atom. The minimum atomic E-state index is -5.05. The summed E-state index contributed by atoms with van der Waals surface area (Å²) in [6, 6.07) is 5.65. The minimum Gasteiger partial charge on any atom is -0.402 e. The predicted octanol–water partition coefficient (Wildman–Crippen LogP) is 8.51. The fraction of sp³-hybridized carbons (Fsp3) is 0.600. The smallest absolute Gasteiger partial charge is 0.402 e. The summed E-state index contributed by atoms with van der Waals surface area (Å²) in [6.07, 6.45) is 4.07. The van der Waals surface area contributed by atoms with Gasteiger partial charge in [-0.15, -0.1) is 13.2 Å². The standard InChI is InChI=1S/C25H29F5O/c1-2-3-6-15-9-10-17-14-18(12-11-16(17)13-15)21-22(26)19-7-4-5-8-20(19)24(23(21)27)31-25(28,29)30/h4-5,7-8,15-18H,2-3,6,9-14H2,1H3. The molecule has 2 aromatic rings. The van der Waals surface area contributed by atoms with Crippen LogP contribution in [0.2, 0.25) is 0 Å². The Bertz CT molecular complexity index is 922. The van der Waals surface area contributed by atoms with Crippen LogP contribution in [0.3, 0.4) is 0 Å². The predicted molar refractivity (Wildman–Crippen MR) is 111 cm³/mol. The largest absolute Gasteiger partial charge is 0.573 e. The summed E-state index contributed by atoms with van der Waals surface area (Å²) >= 11 is 0. The summed E-state index contributed by atoms with van der Waals surface area (Å²) in [5.41, 5.74) is -0.232. The monoisotopic (exact) mass is 440 g/mol. The second-order valence-electron chi connectivity index (χ2n) is 9.32. The molecule has 2 aromatic carbocycles. The first kappa shape index (κ1) is 22.3. The number of ether oxygens (including phenoxy) is 1. The summed E-state index contributed by atoms with van der Waals surface area (Å²) in [5, 5.41) is -0.216. The highest BCUT2D eigenvalue weighted by molar-refractivity contribution is 5.90. The lowest BCUT2D eigenvalue weighted by Gasteiger charge is -2.42. The molecule has 4 unspecified atom stereocenters. The number of halogens is 5. The van der Waals surface area contributed by atoms with Gasteiger partial charge < -0.3 is 4.74 Å². The molecule has 2 aliphatic rings. The van der Waals surface area contributed by atoms with Crippen molar-refractivity contribution in [2.75, 3.05) is 0 Å². The average molecular weight is 440 g/mol. The van der Waals surface area contributed by atoms with E-state index in [1.165, 1.54) is 43.9 Å². The molecule has 2 fully saturated rings. The van der Waals surface area contributed by atoms with Gasteiger partial charge in [-0.2, -0.15) is 0 Å². The number of unbranched alkanes of at least 4 members (excludes halogenated alkanes) is 1. The maximum Gasteiger partial charge on any atom is 0.573 e. The zero-order valence-corrected chi connectivity index (χ0v) is 17.8. The molecule has 31 heavy (non-hydrogen) atoms. The molecule has 1 nitrogen and oxygen atoms in total. The second-order valence-corrected chi connectivity index (χ2v) is 9.32. The van der Waals surface area contributed by atoms with Crippen LogP contribution in [0.5, 0.6) is 5.75 Å². The Kier molecular flexibility index (Phi) is 6.45. The number of rotatable bonds is 5. The van der Waals surface area contributed by atoms with Gasteiger partial charge in [0.25, 0.3) is 0 Å². The van der Waals surface area contributed by atoms with Crippen molar-refractivity contribution >= 4 is 10.8 Å². The fourth-order valence-electron chi connectivity index (χ4n) is 5.93. The zero-order valence-electron chi connectivity index (χ0n) is 17.8. The number of fused-ring (bicyclic) bond motifs is 2. The quantitative estimate of drug-likeness (QED) is 0.424. The van der Waals surface area contributed by atoms with Gasteiger partial charge in [-0.1, -0.05) is 56.9 Å². The highest BCUT2D eigenvalue weighted by Crippen LogP contribution is 2.51. The molecule has 6 heteroatoms. The molecule has 0 amide bonds. The van der Waals surface area contributed by atoms with Gasteiger partial charge >= 0.3 is 6.36 Å². The van der Waals surface area contributed by atoms with Crippen LogP contribution in [0, 0.1) is 29.4 Å². The second kappa shape index (κ2) is 8.95. The van der Waals surface area contributed by atoms with E-state index >= 15 is 8.78 Å². The molecular formula is C25H29F5O. The average Bonchev–Trinajstić information content (AvgIpc) is 2.74. The lowest BCUT2D eigenvalue weighted by molar-refractivity contribution is -0.275. The summed E-state index contributed by atoms with van der Waals surface area (Å²) in [4.78, 5) is 0. The Balaban J connectivity index is 1.63. The lowest BCUT2D eigenvalue weighted by atomic mass is 9.63. The highest BCUT2D eigenvalue weighted by atomic mass is 19.4. The van der Waals surface area contributed by atoms with E-state index in [9.17, 15) is 13.2 Å². The van der Waals surface area contributed by atoms with Crippen molar-refractivity contribution < 1.29 is 26.7 Å². The van der Waals surface area contributed by atoms with Gasteiger partial charge in [0.2, 0.25) is 0 Å². The molecule has 0 spiro atoms. The molecule has 4 atom stereocenters. The minimum absolute atomic E-state index is 0.0245. The number of benzene rings is 2. The van der Waals surface area contributed by atoms with E-state index in [0.29, 0.717) is 24.7 Å². The van der Waals surface area contributed by atoms with Crippen LogP contribution < -0.4 is 4.74 Å². The summed E-state index contributed by atoms with van der Waals surface area (Å²) in [5.74, 6) is -1.60. The summed E-state index contributed by atoms with van der Waals surface area (Å²) in [7, 11) is 0. The van der Waals surface area contributed by atoms with E-state index < -0.39 is 29.7 Å². The SMILES string of the molecule is CCCCC1CCC2CC(c3c(F)c(OC(F)(F)F)c4ccccc4c3F)CCC2C1. The fourth-order valence-corrected chi connectivity index (χ4v) is 5.93. The lowest BCUT2D eigenvalue weighted by Crippen LogP contribution is -2.31. The maximum absolute atomic E-state index is 15.4. The topological polar surface area (TPSA) is 9.23 Å². The molecule has 0 aromatic heterocycles. The van der Waals surface area contributed by atoms with Gasteiger partial charge in [0.1, 0.15) is 5.82 Å². The highest BCUT2D eigenvalue weighted by Gasteiger charge is 2.40. The van der Waals surface area contributed by atoms with Crippen molar-refractivity contribution in [1.29, 1.82) is 0 Å². The Morgan fingerprint density at radius 3 is 2.29 bits per heavy atom. The van der Waals surface area contributed by atoms with Gasteiger partial charge in [0, 0.05) is 16.3 Å². The third-order valence-corrected chi connectivity index (χ3v) is 7.39. The molecule has 0 N–H and O–H groups in total. The van der Waals surface area contributed by atoms with Crippen LogP contribution in [0.1, 0.15) is 76.2 Å². The molecule has 170 valence electrons. The molecule has 0 bridgehead atoms. The van der Waals surface area contributed by atoms with E-state index in [4.69, 9.17) is 0 Å². The van der Waals surface area contributed by atoms with E-state index in [1.54, 1.807) is 6.07 Å². The molecule has 2 aliphatic carbocycles. The van der Waals surface area contributed by atoms with Crippen molar-refractivity contribution in [3.63, 3.8) is 0 Å². The van der Waals surface area contributed by atoms with Gasteiger partial charge in [-0.3, -0.25) is 0 Å². The van der Waals surface area contributed by atoms with E-state index in [2.05, 4.69) is 11.7 Å². The molecule has 0 saturated heterocycles. The number of hydrogen-bond donors (Lipinski definition) is 0. The summed E-state index contributed by atoms with van der Waals surface area (Å²) in [6.45, 7) is 2.19. The van der Waals surface area contributed by atoms with E-state index in [1.807, 2.05) is 0 Å². The van der Waals surface area contributed by atoms with Crippen LogP contribution >= 0.6 is 0 Å². The van der Waals surface area contributed by atoms with Gasteiger partial charge in [0.15, 0.2) is 11.6 Å². The van der Waals surface area contributed by atoms with Crippen LogP contribution in [-0.4, -0.2) is 6.36 Å². The molecule has 0 aliphatic heterocycles. The van der Waals surface area contributed by atoms with Crippen LogP contribution in [0.25, 0.3) is 10.8 Å². The Morgan fingerprint density at radius 2 is 1.58 bits per heavy atom. The van der Waals surface area contributed by atoms with Crippen LogP contribution in [-0.2, 0) is 0 Å². The van der Waals surface area contributed by atoms with Crippen molar-refractivity contribution in [1.82, 2.24) is 0 Å². The summed E-state index contributed by atoms with van der Waals surface area (Å²) < 4.78 is 73.7. The third-order valence-electron chi connectivity index (χ3n) is 7.39. The van der Waals surface area contributed by atoms with E-state index in [0.717, 1.165) is 25.2 Å². The van der Waals surface area contributed by atoms with Crippen molar-refractivity contribution in [2.24, 2.45) is 17.8 Å². The van der Waals surface area contributed by atoms with Gasteiger partial charge in [-0.05, 0) is 55.8 Å². The van der Waals surface area contributed by atoms with Crippen LogP contribution in [0.15, 0.2) is 24.3 Å². The molecule has 0 heterocycles. The van der Waals surface area contributed by atoms with Gasteiger partial charge in [-0.25, -0.2) is 8.78 Å². The van der Waals surface area contributed by atoms with Crippen LogP contribution in [0.4, 0.5) is 22.0 Å². The first-order chi connectivity index (χ1) is 14.8. The normalized spacial score (nSPS) is 26.6. The zero-order chi connectivity index (χ0) is 22.2. The van der Waals surface area contributed by atoms with Gasteiger partial charge in [0.05, 0.1) is 0 Å². The molecule has 4 rings (SSSR count). The molecule has 2 saturated carbocycles. The van der Waals surface area contributed by atoms with Crippen molar-refractivity contribution in [2.45, 2.75) is 77.0 Å².